The van der Waals surface area contributed by atoms with Crippen LogP contribution in [0.1, 0.15) is 11.1 Å². The zero-order valence-corrected chi connectivity index (χ0v) is 10.7. The van der Waals surface area contributed by atoms with Gasteiger partial charge in [-0.15, -0.1) is 0 Å². The number of nitrogens with zero attached hydrogens (tertiary/aromatic N) is 1. The van der Waals surface area contributed by atoms with Gasteiger partial charge < -0.3 is 10.6 Å². The second-order valence-electron chi connectivity index (χ2n) is 5.51. The fourth-order valence-electron chi connectivity index (χ4n) is 3.15. The van der Waals surface area contributed by atoms with Crippen molar-refractivity contribution in [3.8, 4) is 0 Å². The van der Waals surface area contributed by atoms with Crippen LogP contribution >= 0.6 is 0 Å². The fraction of sp³-hybridized carbons (Fsp3) is 0.500. The highest BCUT2D eigenvalue weighted by molar-refractivity contribution is 5.85. The third-order valence-electron chi connectivity index (χ3n) is 4.26. The van der Waals surface area contributed by atoms with Crippen LogP contribution in [0.3, 0.4) is 0 Å². The van der Waals surface area contributed by atoms with E-state index < -0.39 is 11.7 Å². The molecule has 0 bridgehead atoms. The van der Waals surface area contributed by atoms with Crippen LogP contribution in [0.5, 0.6) is 0 Å². The van der Waals surface area contributed by atoms with E-state index in [1.807, 2.05) is 0 Å². The van der Waals surface area contributed by atoms with Gasteiger partial charge in [0, 0.05) is 19.0 Å². The molecule has 1 heterocycles. The number of likely N-dealkylation sites (tertiary alicyclic amines) is 1. The van der Waals surface area contributed by atoms with E-state index in [-0.39, 0.29) is 24.3 Å². The predicted octanol–water partition coefficient (Wildman–Crippen LogP) is 1.87. The van der Waals surface area contributed by atoms with Crippen LogP contribution in [0.15, 0.2) is 24.3 Å². The molecule has 0 aromatic heterocycles. The van der Waals surface area contributed by atoms with E-state index in [0.29, 0.717) is 24.6 Å². The molecule has 0 radical (unpaired) electrons. The quantitative estimate of drug-likeness (QED) is 0.921. The minimum Gasteiger partial charge on any atom is -0.338 e. The number of benzene rings is 1. The zero-order valence-electron chi connectivity index (χ0n) is 10.7. The lowest BCUT2D eigenvalue weighted by Crippen LogP contribution is -2.31. The highest BCUT2D eigenvalue weighted by atomic mass is 19.4. The fourth-order valence-corrected chi connectivity index (χ4v) is 3.15. The van der Waals surface area contributed by atoms with Gasteiger partial charge >= 0.3 is 6.18 Å². The summed E-state index contributed by atoms with van der Waals surface area (Å²) in [6.07, 6.45) is -4.35. The van der Waals surface area contributed by atoms with E-state index in [4.69, 9.17) is 5.73 Å². The number of hydrogen-bond donors (Lipinski definition) is 1. The molecule has 1 aliphatic heterocycles. The van der Waals surface area contributed by atoms with Crippen molar-refractivity contribution in [1.82, 2.24) is 4.90 Å². The summed E-state index contributed by atoms with van der Waals surface area (Å²) >= 11 is 0. The molecule has 1 saturated carbocycles. The molecule has 6 heteroatoms. The molecule has 2 fully saturated rings. The number of carbonyl (C=O) groups is 1. The van der Waals surface area contributed by atoms with Crippen molar-refractivity contribution < 1.29 is 18.0 Å². The summed E-state index contributed by atoms with van der Waals surface area (Å²) in [5.41, 5.74) is 5.39. The number of alkyl halides is 3. The SMILES string of the molecule is NCC1C2CN(Cc3cccc(C(F)(F)F)c3)C(=O)C12. The summed E-state index contributed by atoms with van der Waals surface area (Å²) in [6, 6.07) is 5.14. The Kier molecular flexibility index (Phi) is 3.01. The smallest absolute Gasteiger partial charge is 0.338 e. The number of nitrogens with two attached hydrogens (primary N) is 1. The second kappa shape index (κ2) is 4.48. The van der Waals surface area contributed by atoms with Gasteiger partial charge in [-0.05, 0) is 36.1 Å². The molecule has 2 N–H and O–H groups in total. The monoisotopic (exact) mass is 284 g/mol. The Balaban J connectivity index is 1.70. The van der Waals surface area contributed by atoms with Crippen LogP contribution < -0.4 is 5.73 Å². The topological polar surface area (TPSA) is 46.3 Å². The lowest BCUT2D eigenvalue weighted by atomic mass is 10.1. The summed E-state index contributed by atoms with van der Waals surface area (Å²) < 4.78 is 37.9. The van der Waals surface area contributed by atoms with Crippen LogP contribution in [0.4, 0.5) is 13.2 Å². The van der Waals surface area contributed by atoms with Crippen LogP contribution in [-0.2, 0) is 17.5 Å². The van der Waals surface area contributed by atoms with Crippen molar-refractivity contribution in [3.05, 3.63) is 35.4 Å². The van der Waals surface area contributed by atoms with Crippen molar-refractivity contribution in [1.29, 1.82) is 0 Å². The molecule has 1 aliphatic carbocycles. The lowest BCUT2D eigenvalue weighted by molar-refractivity contribution is -0.137. The Bertz CT molecular complexity index is 543. The molecule has 3 atom stereocenters. The van der Waals surface area contributed by atoms with Crippen molar-refractivity contribution in [2.45, 2.75) is 12.7 Å². The molecular weight excluding hydrogens is 269 g/mol. The first-order valence-electron chi connectivity index (χ1n) is 6.57. The molecule has 3 unspecified atom stereocenters. The highest BCUT2D eigenvalue weighted by Crippen LogP contribution is 2.52. The number of hydrogen-bond acceptors (Lipinski definition) is 2. The van der Waals surface area contributed by atoms with Crippen LogP contribution in [0.2, 0.25) is 0 Å². The Morgan fingerprint density at radius 1 is 1.35 bits per heavy atom. The van der Waals surface area contributed by atoms with Gasteiger partial charge in [0.25, 0.3) is 0 Å². The summed E-state index contributed by atoms with van der Waals surface area (Å²) in [4.78, 5) is 13.7. The third kappa shape index (κ3) is 2.18. The maximum absolute atomic E-state index is 12.6. The molecule has 0 spiro atoms. The standard InChI is InChI=1S/C14H15F3N2O/c15-14(16,17)9-3-1-2-8(4-9)6-19-7-11-10(5-18)12(11)13(19)20/h1-4,10-12H,5-7,18H2. The van der Waals surface area contributed by atoms with Gasteiger partial charge in [-0.1, -0.05) is 12.1 Å². The van der Waals surface area contributed by atoms with Crippen molar-refractivity contribution >= 4 is 5.91 Å². The third-order valence-corrected chi connectivity index (χ3v) is 4.26. The minimum atomic E-state index is -4.35. The number of carbonyl (C=O) groups excluding carboxylic acids is 1. The van der Waals surface area contributed by atoms with E-state index >= 15 is 0 Å². The Morgan fingerprint density at radius 2 is 2.10 bits per heavy atom. The molecule has 1 aromatic carbocycles. The summed E-state index contributed by atoms with van der Waals surface area (Å²) in [5, 5.41) is 0. The van der Waals surface area contributed by atoms with E-state index in [1.165, 1.54) is 6.07 Å². The maximum Gasteiger partial charge on any atom is 0.416 e. The van der Waals surface area contributed by atoms with Crippen LogP contribution in [-0.4, -0.2) is 23.9 Å². The molecule has 1 amide bonds. The van der Waals surface area contributed by atoms with E-state index in [0.717, 1.165) is 12.1 Å². The summed E-state index contributed by atoms with van der Waals surface area (Å²) in [7, 11) is 0. The van der Waals surface area contributed by atoms with Gasteiger partial charge in [-0.25, -0.2) is 0 Å². The van der Waals surface area contributed by atoms with Gasteiger partial charge in [-0.3, -0.25) is 4.79 Å². The summed E-state index contributed by atoms with van der Waals surface area (Å²) in [6.45, 7) is 1.37. The Hall–Kier alpha value is -1.56. The number of fused-ring (bicyclic) bond motifs is 1. The van der Waals surface area contributed by atoms with Crippen molar-refractivity contribution in [3.63, 3.8) is 0 Å². The molecule has 1 saturated heterocycles. The lowest BCUT2D eigenvalue weighted by Gasteiger charge is -2.20. The molecule has 1 aromatic rings. The highest BCUT2D eigenvalue weighted by Gasteiger charge is 2.60. The molecular formula is C14H15F3N2O. The normalized spacial score (nSPS) is 28.7. The van der Waals surface area contributed by atoms with E-state index in [9.17, 15) is 18.0 Å². The molecule has 20 heavy (non-hydrogen) atoms. The van der Waals surface area contributed by atoms with Gasteiger partial charge in [0.05, 0.1) is 5.56 Å². The van der Waals surface area contributed by atoms with Gasteiger partial charge in [0.1, 0.15) is 0 Å². The van der Waals surface area contributed by atoms with E-state index in [1.54, 1.807) is 11.0 Å². The van der Waals surface area contributed by atoms with Crippen molar-refractivity contribution in [2.75, 3.05) is 13.1 Å². The van der Waals surface area contributed by atoms with Crippen molar-refractivity contribution in [2.24, 2.45) is 23.5 Å². The van der Waals surface area contributed by atoms with Gasteiger partial charge in [-0.2, -0.15) is 13.2 Å². The van der Waals surface area contributed by atoms with Crippen LogP contribution in [0.25, 0.3) is 0 Å². The van der Waals surface area contributed by atoms with E-state index in [2.05, 4.69) is 0 Å². The Morgan fingerprint density at radius 3 is 2.65 bits per heavy atom. The number of amides is 1. The first-order valence-corrected chi connectivity index (χ1v) is 6.57. The average molecular weight is 284 g/mol. The predicted molar refractivity (Wildman–Crippen MR) is 66.4 cm³/mol. The maximum atomic E-state index is 12.6. The second-order valence-corrected chi connectivity index (χ2v) is 5.51. The number of piperidine rings is 1. The number of rotatable bonds is 3. The average Bonchev–Trinajstić information content (AvgIpc) is 3.00. The molecule has 2 aliphatic rings. The molecule has 3 rings (SSSR count). The Labute approximate surface area is 114 Å². The zero-order chi connectivity index (χ0) is 14.5. The largest absolute Gasteiger partial charge is 0.416 e. The summed E-state index contributed by atoms with van der Waals surface area (Å²) in [5.74, 6) is 0.618. The van der Waals surface area contributed by atoms with Gasteiger partial charge in [0.2, 0.25) is 5.91 Å². The molecule has 108 valence electrons. The molecule has 3 nitrogen and oxygen atoms in total. The number of halogens is 3. The minimum absolute atomic E-state index is 0.00537. The van der Waals surface area contributed by atoms with Crippen LogP contribution in [0, 0.1) is 17.8 Å². The first kappa shape index (κ1) is 13.4. The van der Waals surface area contributed by atoms with Gasteiger partial charge in [0.15, 0.2) is 0 Å². The first-order chi connectivity index (χ1) is 9.41.